The molecule has 33 heavy (non-hydrogen) atoms. The van der Waals surface area contributed by atoms with E-state index in [0.717, 1.165) is 17.5 Å². The second-order valence-electron chi connectivity index (χ2n) is 8.53. The molecule has 0 aromatic heterocycles. The number of carbonyl (C=O) groups is 3. The van der Waals surface area contributed by atoms with Crippen molar-refractivity contribution in [1.29, 1.82) is 0 Å². The minimum Gasteiger partial charge on any atom is -0.351 e. The molecule has 0 aliphatic carbocycles. The van der Waals surface area contributed by atoms with Crippen molar-refractivity contribution in [3.8, 4) is 0 Å². The summed E-state index contributed by atoms with van der Waals surface area (Å²) in [7, 11) is 0. The molecule has 0 bridgehead atoms. The van der Waals surface area contributed by atoms with Crippen molar-refractivity contribution in [1.82, 2.24) is 15.5 Å². The van der Waals surface area contributed by atoms with E-state index in [2.05, 4.69) is 10.6 Å². The SMILES string of the molecule is CCC(C)NC(=O)C1C(=O)NC(C(c2ccccc2)c2ccccc2)C(=O)N1CCCCN. The number of nitrogens with zero attached hydrogens (tertiary/aromatic N) is 1. The standard InChI is InChI=1S/C26H34N4O3/c1-3-18(2)28-24(31)23-25(32)29-22(26(33)30(23)17-11-10-16-27)21(19-12-6-4-7-13-19)20-14-8-5-9-15-20/h4-9,12-15,18,21-23H,3,10-11,16-17,27H2,1-2H3,(H,28,31)(H,29,32). The maximum atomic E-state index is 13.8. The molecule has 1 aliphatic rings. The number of nitrogens with two attached hydrogens (primary N) is 1. The molecule has 1 fully saturated rings. The average molecular weight is 451 g/mol. The highest BCUT2D eigenvalue weighted by Crippen LogP contribution is 2.31. The number of carbonyl (C=O) groups excluding carboxylic acids is 3. The summed E-state index contributed by atoms with van der Waals surface area (Å²) in [5, 5.41) is 5.75. The number of amides is 3. The molecule has 0 saturated carbocycles. The maximum Gasteiger partial charge on any atom is 0.253 e. The first-order chi connectivity index (χ1) is 16.0. The van der Waals surface area contributed by atoms with Crippen LogP contribution in [0.4, 0.5) is 0 Å². The van der Waals surface area contributed by atoms with Crippen molar-refractivity contribution in [2.75, 3.05) is 13.1 Å². The van der Waals surface area contributed by atoms with Gasteiger partial charge in [-0.1, -0.05) is 67.6 Å². The lowest BCUT2D eigenvalue weighted by molar-refractivity contribution is -0.155. The highest BCUT2D eigenvalue weighted by Gasteiger charge is 2.47. The van der Waals surface area contributed by atoms with Crippen LogP contribution in [0, 0.1) is 0 Å². The second-order valence-corrected chi connectivity index (χ2v) is 8.53. The van der Waals surface area contributed by atoms with Crippen LogP contribution in [0.25, 0.3) is 0 Å². The zero-order valence-electron chi connectivity index (χ0n) is 19.4. The van der Waals surface area contributed by atoms with E-state index in [4.69, 9.17) is 5.73 Å². The number of piperazine rings is 1. The van der Waals surface area contributed by atoms with Gasteiger partial charge < -0.3 is 21.3 Å². The molecule has 1 heterocycles. The average Bonchev–Trinajstić information content (AvgIpc) is 2.83. The Morgan fingerprint density at radius 2 is 1.61 bits per heavy atom. The summed E-state index contributed by atoms with van der Waals surface area (Å²) in [5.41, 5.74) is 7.50. The predicted octanol–water partition coefficient (Wildman–Crippen LogP) is 2.17. The first-order valence-electron chi connectivity index (χ1n) is 11.7. The van der Waals surface area contributed by atoms with E-state index in [-0.39, 0.29) is 17.9 Å². The molecule has 176 valence electrons. The van der Waals surface area contributed by atoms with Gasteiger partial charge in [0.05, 0.1) is 0 Å². The van der Waals surface area contributed by atoms with Crippen LogP contribution in [0.1, 0.15) is 50.2 Å². The number of nitrogens with one attached hydrogen (secondary N) is 2. The molecule has 0 radical (unpaired) electrons. The summed E-state index contributed by atoms with van der Waals surface area (Å²) in [6.07, 6.45) is 2.06. The van der Waals surface area contributed by atoms with Crippen LogP contribution >= 0.6 is 0 Å². The molecule has 3 rings (SSSR count). The summed E-state index contributed by atoms with van der Waals surface area (Å²) in [5.74, 6) is -1.53. The smallest absolute Gasteiger partial charge is 0.253 e. The van der Waals surface area contributed by atoms with Crippen molar-refractivity contribution in [3.63, 3.8) is 0 Å². The normalized spacial score (nSPS) is 19.3. The molecule has 1 aliphatic heterocycles. The largest absolute Gasteiger partial charge is 0.351 e. The maximum absolute atomic E-state index is 13.8. The monoisotopic (exact) mass is 450 g/mol. The molecule has 3 amide bonds. The molecule has 0 spiro atoms. The molecule has 2 aromatic carbocycles. The number of benzene rings is 2. The third-order valence-corrected chi connectivity index (χ3v) is 6.16. The first kappa shape index (κ1) is 24.5. The first-order valence-corrected chi connectivity index (χ1v) is 11.7. The van der Waals surface area contributed by atoms with E-state index in [0.29, 0.717) is 25.9 Å². The molecule has 7 nitrogen and oxygen atoms in total. The number of rotatable bonds is 10. The van der Waals surface area contributed by atoms with Gasteiger partial charge in [-0.15, -0.1) is 0 Å². The van der Waals surface area contributed by atoms with Crippen molar-refractivity contribution in [3.05, 3.63) is 71.8 Å². The van der Waals surface area contributed by atoms with Gasteiger partial charge in [0.1, 0.15) is 6.04 Å². The fourth-order valence-electron chi connectivity index (χ4n) is 4.22. The number of hydrogen-bond donors (Lipinski definition) is 3. The molecule has 1 saturated heterocycles. The molecule has 3 unspecified atom stereocenters. The minimum atomic E-state index is -1.19. The van der Waals surface area contributed by atoms with E-state index < -0.39 is 23.9 Å². The van der Waals surface area contributed by atoms with Gasteiger partial charge >= 0.3 is 0 Å². The Hall–Kier alpha value is -3.19. The van der Waals surface area contributed by atoms with E-state index in [9.17, 15) is 14.4 Å². The Bertz CT molecular complexity index is 896. The van der Waals surface area contributed by atoms with Crippen molar-refractivity contribution < 1.29 is 14.4 Å². The minimum absolute atomic E-state index is 0.0922. The summed E-state index contributed by atoms with van der Waals surface area (Å²) in [6.45, 7) is 4.62. The Balaban J connectivity index is 1.98. The summed E-state index contributed by atoms with van der Waals surface area (Å²) in [6, 6.07) is 17.2. The lowest BCUT2D eigenvalue weighted by Crippen LogP contribution is -2.68. The Labute approximate surface area is 195 Å². The van der Waals surface area contributed by atoms with Gasteiger partial charge in [0, 0.05) is 18.5 Å². The zero-order chi connectivity index (χ0) is 23.8. The van der Waals surface area contributed by atoms with Crippen LogP contribution in [0.2, 0.25) is 0 Å². The fourth-order valence-corrected chi connectivity index (χ4v) is 4.22. The van der Waals surface area contributed by atoms with Crippen molar-refractivity contribution >= 4 is 17.7 Å². The Kier molecular flexibility index (Phi) is 8.60. The molecule has 7 heteroatoms. The Morgan fingerprint density at radius 1 is 1.03 bits per heavy atom. The van der Waals surface area contributed by atoms with E-state index in [1.165, 1.54) is 4.90 Å². The van der Waals surface area contributed by atoms with Crippen LogP contribution in [0.3, 0.4) is 0 Å². The van der Waals surface area contributed by atoms with Crippen LogP contribution in [0.15, 0.2) is 60.7 Å². The molecule has 2 aromatic rings. The quantitative estimate of drug-likeness (QED) is 0.381. The summed E-state index contributed by atoms with van der Waals surface area (Å²) >= 11 is 0. The highest BCUT2D eigenvalue weighted by atomic mass is 16.2. The lowest BCUT2D eigenvalue weighted by Gasteiger charge is -2.41. The van der Waals surface area contributed by atoms with E-state index >= 15 is 0 Å². The topological polar surface area (TPSA) is 105 Å². The predicted molar refractivity (Wildman–Crippen MR) is 128 cm³/mol. The van der Waals surface area contributed by atoms with Crippen LogP contribution in [-0.4, -0.2) is 53.8 Å². The number of hydrogen-bond acceptors (Lipinski definition) is 4. The van der Waals surface area contributed by atoms with Gasteiger partial charge in [0.2, 0.25) is 5.91 Å². The van der Waals surface area contributed by atoms with E-state index in [1.54, 1.807) is 0 Å². The third kappa shape index (κ3) is 5.79. The van der Waals surface area contributed by atoms with Gasteiger partial charge in [-0.3, -0.25) is 14.4 Å². The lowest BCUT2D eigenvalue weighted by atomic mass is 9.83. The van der Waals surface area contributed by atoms with Crippen LogP contribution < -0.4 is 16.4 Å². The second kappa shape index (κ2) is 11.6. The highest BCUT2D eigenvalue weighted by molar-refractivity contribution is 6.11. The fraction of sp³-hybridized carbons (Fsp3) is 0.423. The van der Waals surface area contributed by atoms with Crippen LogP contribution in [-0.2, 0) is 14.4 Å². The van der Waals surface area contributed by atoms with Gasteiger partial charge in [-0.25, -0.2) is 0 Å². The molecule has 4 N–H and O–H groups in total. The Morgan fingerprint density at radius 3 is 2.12 bits per heavy atom. The third-order valence-electron chi connectivity index (χ3n) is 6.16. The van der Waals surface area contributed by atoms with Crippen LogP contribution in [0.5, 0.6) is 0 Å². The van der Waals surface area contributed by atoms with Gasteiger partial charge in [-0.2, -0.15) is 0 Å². The van der Waals surface area contributed by atoms with E-state index in [1.807, 2.05) is 74.5 Å². The molecular formula is C26H34N4O3. The van der Waals surface area contributed by atoms with Gasteiger partial charge in [-0.05, 0) is 43.9 Å². The van der Waals surface area contributed by atoms with Crippen molar-refractivity contribution in [2.24, 2.45) is 5.73 Å². The van der Waals surface area contributed by atoms with Gasteiger partial charge in [0.15, 0.2) is 6.04 Å². The van der Waals surface area contributed by atoms with Crippen molar-refractivity contribution in [2.45, 2.75) is 57.2 Å². The summed E-state index contributed by atoms with van der Waals surface area (Å²) in [4.78, 5) is 41.5. The summed E-state index contributed by atoms with van der Waals surface area (Å²) < 4.78 is 0. The zero-order valence-corrected chi connectivity index (χ0v) is 19.4. The molecule has 3 atom stereocenters. The van der Waals surface area contributed by atoms with Gasteiger partial charge in [0.25, 0.3) is 11.8 Å². The molecular weight excluding hydrogens is 416 g/mol. The number of unbranched alkanes of at least 4 members (excludes halogenated alkanes) is 1.